The molecule has 0 bridgehead atoms. The van der Waals surface area contributed by atoms with Crippen molar-refractivity contribution >= 4 is 23.7 Å². The lowest BCUT2D eigenvalue weighted by Crippen LogP contribution is -2.52. The number of rotatable bonds is 4. The molecule has 1 saturated heterocycles. The Morgan fingerprint density at radius 1 is 1.11 bits per heavy atom. The molecule has 0 atom stereocenters. The Balaban J connectivity index is 1.52. The fourth-order valence-corrected chi connectivity index (χ4v) is 3.00. The zero-order valence-electron chi connectivity index (χ0n) is 15.5. The lowest BCUT2D eigenvalue weighted by Gasteiger charge is -2.36. The minimum atomic E-state index is -0.790. The first-order chi connectivity index (χ1) is 13.6. The van der Waals surface area contributed by atoms with Crippen LogP contribution in [0.1, 0.15) is 5.56 Å². The molecular weight excluding hydrogens is 360 g/mol. The van der Waals surface area contributed by atoms with Crippen molar-refractivity contribution < 1.29 is 19.4 Å². The van der Waals surface area contributed by atoms with E-state index in [1.807, 2.05) is 24.3 Å². The molecule has 2 N–H and O–H groups in total. The topological polar surface area (TPSA) is 94.5 Å². The van der Waals surface area contributed by atoms with E-state index in [-0.39, 0.29) is 5.75 Å². The summed E-state index contributed by atoms with van der Waals surface area (Å²) in [5.74, 6) is -0.532. The number of phenolic OH excluding ortho intramolecular Hbond substituents is 1. The van der Waals surface area contributed by atoms with Gasteiger partial charge in [-0.05, 0) is 29.8 Å². The summed E-state index contributed by atoms with van der Waals surface area (Å²) in [4.78, 5) is 28.0. The van der Waals surface area contributed by atoms with Crippen LogP contribution in [-0.4, -0.2) is 61.3 Å². The number of hydrogen-bond acceptors (Lipinski definition) is 6. The Hall–Kier alpha value is -3.55. The number of benzene rings is 2. The van der Waals surface area contributed by atoms with Crippen LogP contribution in [-0.2, 0) is 9.59 Å². The van der Waals surface area contributed by atoms with Crippen molar-refractivity contribution in [3.63, 3.8) is 0 Å². The van der Waals surface area contributed by atoms with Crippen LogP contribution < -0.4 is 15.1 Å². The van der Waals surface area contributed by atoms with Gasteiger partial charge in [-0.25, -0.2) is 5.43 Å². The quantitative estimate of drug-likeness (QED) is 0.471. The van der Waals surface area contributed by atoms with Crippen molar-refractivity contribution in [2.24, 2.45) is 5.10 Å². The largest absolute Gasteiger partial charge is 0.508 e. The van der Waals surface area contributed by atoms with Crippen LogP contribution in [0.3, 0.4) is 0 Å². The van der Waals surface area contributed by atoms with E-state index in [1.54, 1.807) is 19.2 Å². The van der Waals surface area contributed by atoms with Crippen molar-refractivity contribution in [2.75, 3.05) is 38.2 Å². The number of aromatic hydroxyl groups is 1. The van der Waals surface area contributed by atoms with E-state index in [1.165, 1.54) is 23.2 Å². The second-order valence-electron chi connectivity index (χ2n) is 6.25. The van der Waals surface area contributed by atoms with Crippen molar-refractivity contribution in [3.05, 3.63) is 54.1 Å². The van der Waals surface area contributed by atoms with Gasteiger partial charge in [-0.1, -0.05) is 24.3 Å². The number of anilines is 1. The second kappa shape index (κ2) is 8.90. The second-order valence-corrected chi connectivity index (χ2v) is 6.25. The summed E-state index contributed by atoms with van der Waals surface area (Å²) >= 11 is 0. The third-order valence-corrected chi connectivity index (χ3v) is 4.44. The van der Waals surface area contributed by atoms with Crippen LogP contribution in [0.4, 0.5) is 5.69 Å². The third-order valence-electron chi connectivity index (χ3n) is 4.44. The number of para-hydroxylation sites is 2. The van der Waals surface area contributed by atoms with Crippen molar-refractivity contribution in [1.29, 1.82) is 0 Å². The summed E-state index contributed by atoms with van der Waals surface area (Å²) in [5, 5.41) is 13.2. The summed E-state index contributed by atoms with van der Waals surface area (Å²) in [6.45, 7) is 2.07. The molecule has 0 aliphatic carbocycles. The molecule has 0 unspecified atom stereocenters. The highest BCUT2D eigenvalue weighted by Crippen LogP contribution is 2.28. The van der Waals surface area contributed by atoms with E-state index in [4.69, 9.17) is 4.74 Å². The predicted octanol–water partition coefficient (Wildman–Crippen LogP) is 1.20. The van der Waals surface area contributed by atoms with Gasteiger partial charge in [-0.15, -0.1) is 0 Å². The van der Waals surface area contributed by atoms with E-state index in [0.29, 0.717) is 31.7 Å². The number of nitrogens with one attached hydrogen (secondary N) is 1. The van der Waals surface area contributed by atoms with Crippen molar-refractivity contribution in [1.82, 2.24) is 10.3 Å². The van der Waals surface area contributed by atoms with Gasteiger partial charge in [0.2, 0.25) is 0 Å². The van der Waals surface area contributed by atoms with Crippen molar-refractivity contribution in [3.8, 4) is 11.5 Å². The molecule has 0 saturated carbocycles. The monoisotopic (exact) mass is 382 g/mol. The van der Waals surface area contributed by atoms with Crippen LogP contribution in [0, 0.1) is 0 Å². The Morgan fingerprint density at radius 3 is 2.57 bits per heavy atom. The van der Waals surface area contributed by atoms with Crippen LogP contribution in [0.25, 0.3) is 0 Å². The number of phenols is 1. The molecule has 0 spiro atoms. The van der Waals surface area contributed by atoms with Gasteiger partial charge in [0.25, 0.3) is 0 Å². The first-order valence-electron chi connectivity index (χ1n) is 8.88. The Kier molecular flexibility index (Phi) is 6.11. The number of hydrogen-bond donors (Lipinski definition) is 2. The number of piperazine rings is 1. The highest BCUT2D eigenvalue weighted by molar-refractivity contribution is 6.35. The van der Waals surface area contributed by atoms with Gasteiger partial charge in [0, 0.05) is 26.2 Å². The highest BCUT2D eigenvalue weighted by Gasteiger charge is 2.26. The number of nitrogens with zero attached hydrogens (tertiary/aromatic N) is 3. The number of amides is 2. The van der Waals surface area contributed by atoms with E-state index < -0.39 is 11.8 Å². The molecular formula is C20H22N4O4. The van der Waals surface area contributed by atoms with Crippen LogP contribution >= 0.6 is 0 Å². The predicted molar refractivity (Wildman–Crippen MR) is 106 cm³/mol. The van der Waals surface area contributed by atoms with Gasteiger partial charge < -0.3 is 19.6 Å². The fraction of sp³-hybridized carbons (Fsp3) is 0.250. The maximum Gasteiger partial charge on any atom is 0.329 e. The fourth-order valence-electron chi connectivity index (χ4n) is 3.00. The Bertz CT molecular complexity index is 876. The smallest absolute Gasteiger partial charge is 0.329 e. The Morgan fingerprint density at radius 2 is 1.86 bits per heavy atom. The van der Waals surface area contributed by atoms with Crippen molar-refractivity contribution in [2.45, 2.75) is 0 Å². The highest BCUT2D eigenvalue weighted by atomic mass is 16.5. The first kappa shape index (κ1) is 19.2. The average molecular weight is 382 g/mol. The summed E-state index contributed by atoms with van der Waals surface area (Å²) in [6, 6.07) is 14.1. The van der Waals surface area contributed by atoms with Gasteiger partial charge in [-0.2, -0.15) is 5.10 Å². The summed E-state index contributed by atoms with van der Waals surface area (Å²) in [7, 11) is 1.63. The zero-order valence-corrected chi connectivity index (χ0v) is 15.5. The first-order valence-corrected chi connectivity index (χ1v) is 8.88. The molecule has 1 fully saturated rings. The molecule has 146 valence electrons. The average Bonchev–Trinajstić information content (AvgIpc) is 2.73. The van der Waals surface area contributed by atoms with Gasteiger partial charge in [0.15, 0.2) is 0 Å². The molecule has 1 heterocycles. The molecule has 0 aromatic heterocycles. The molecule has 2 aromatic carbocycles. The number of methoxy groups -OCH3 is 1. The van der Waals surface area contributed by atoms with E-state index in [2.05, 4.69) is 15.4 Å². The third kappa shape index (κ3) is 4.59. The molecule has 3 rings (SSSR count). The van der Waals surface area contributed by atoms with Crippen LogP contribution in [0.2, 0.25) is 0 Å². The lowest BCUT2D eigenvalue weighted by atomic mass is 10.2. The van der Waals surface area contributed by atoms with Crippen LogP contribution in [0.15, 0.2) is 53.6 Å². The molecule has 28 heavy (non-hydrogen) atoms. The van der Waals surface area contributed by atoms with Gasteiger partial charge in [-0.3, -0.25) is 9.59 Å². The van der Waals surface area contributed by atoms with E-state index in [0.717, 1.165) is 11.4 Å². The molecule has 0 radical (unpaired) electrons. The number of ether oxygens (including phenoxy) is 1. The minimum absolute atomic E-state index is 0.0965. The van der Waals surface area contributed by atoms with Gasteiger partial charge in [0.05, 0.1) is 19.0 Å². The molecule has 2 amide bonds. The molecule has 8 nitrogen and oxygen atoms in total. The minimum Gasteiger partial charge on any atom is -0.508 e. The standard InChI is InChI=1S/C20H22N4O4/c1-28-18-8-3-2-7-17(18)23-9-11-24(12-10-23)20(27)19(26)22-21-14-15-5-4-6-16(25)13-15/h2-8,13-14,25H,9-12H2,1H3,(H,22,26)/b21-14+. The molecule has 1 aliphatic heterocycles. The number of carbonyl (C=O) groups is 2. The molecule has 1 aliphatic rings. The van der Waals surface area contributed by atoms with Gasteiger partial charge >= 0.3 is 11.8 Å². The summed E-state index contributed by atoms with van der Waals surface area (Å²) < 4.78 is 5.38. The molecule has 2 aromatic rings. The van der Waals surface area contributed by atoms with E-state index in [9.17, 15) is 14.7 Å². The normalized spacial score (nSPS) is 14.2. The van der Waals surface area contributed by atoms with Gasteiger partial charge in [0.1, 0.15) is 11.5 Å². The maximum atomic E-state index is 12.3. The summed E-state index contributed by atoms with van der Waals surface area (Å²) in [5.41, 5.74) is 3.81. The van der Waals surface area contributed by atoms with Crippen LogP contribution in [0.5, 0.6) is 11.5 Å². The Labute approximate surface area is 163 Å². The van der Waals surface area contributed by atoms with E-state index >= 15 is 0 Å². The lowest BCUT2D eigenvalue weighted by molar-refractivity contribution is -0.146. The summed E-state index contributed by atoms with van der Waals surface area (Å²) in [6.07, 6.45) is 1.37. The number of carbonyl (C=O) groups excluding carboxylic acids is 2. The number of hydrazone groups is 1. The SMILES string of the molecule is COc1ccccc1N1CCN(C(=O)C(=O)N/N=C/c2cccc(O)c2)CC1. The maximum absolute atomic E-state index is 12.3. The molecule has 8 heteroatoms. The zero-order chi connectivity index (χ0) is 19.9.